The summed E-state index contributed by atoms with van der Waals surface area (Å²) >= 11 is 0. The number of fused-ring (bicyclic) bond motifs is 2. The first-order chi connectivity index (χ1) is 7.90. The molecule has 0 heteroatoms. The summed E-state index contributed by atoms with van der Waals surface area (Å²) in [7, 11) is 0. The highest BCUT2D eigenvalue weighted by atomic mass is 14.3. The zero-order chi connectivity index (χ0) is 11.2. The second kappa shape index (κ2) is 6.08. The molecule has 0 aliphatic heterocycles. The van der Waals surface area contributed by atoms with Crippen molar-refractivity contribution in [2.75, 3.05) is 0 Å². The molecule has 0 unspecified atom stereocenters. The van der Waals surface area contributed by atoms with Gasteiger partial charge in [-0.05, 0) is 37.5 Å². The molecule has 2 rings (SSSR count). The molecule has 0 N–H and O–H groups in total. The van der Waals surface area contributed by atoms with Gasteiger partial charge in [-0.3, -0.25) is 0 Å². The van der Waals surface area contributed by atoms with Crippen LogP contribution in [0.2, 0.25) is 0 Å². The summed E-state index contributed by atoms with van der Waals surface area (Å²) in [5, 5.41) is 0. The Balaban J connectivity index is 1.79. The molecule has 0 spiro atoms. The zero-order valence-electron chi connectivity index (χ0n) is 10.5. The summed E-state index contributed by atoms with van der Waals surface area (Å²) in [6, 6.07) is 0. The lowest BCUT2D eigenvalue weighted by Gasteiger charge is -2.06. The van der Waals surface area contributed by atoms with Crippen LogP contribution in [-0.2, 0) is 0 Å². The molecule has 0 radical (unpaired) electrons. The molecule has 16 heavy (non-hydrogen) atoms. The Morgan fingerprint density at radius 1 is 1.19 bits per heavy atom. The van der Waals surface area contributed by atoms with Crippen LogP contribution in [0.15, 0.2) is 36.0 Å². The Kier molecular flexibility index (Phi) is 4.44. The van der Waals surface area contributed by atoms with E-state index in [0.717, 1.165) is 11.8 Å². The van der Waals surface area contributed by atoms with E-state index in [1.54, 1.807) is 5.57 Å². The van der Waals surface area contributed by atoms with Crippen molar-refractivity contribution >= 4 is 0 Å². The molecule has 0 aromatic rings. The average molecular weight is 216 g/mol. The second-order valence-electron chi connectivity index (χ2n) is 5.20. The molecule has 0 aromatic carbocycles. The highest BCUT2D eigenvalue weighted by molar-refractivity contribution is 5.26. The van der Waals surface area contributed by atoms with Crippen LogP contribution in [0.3, 0.4) is 0 Å². The van der Waals surface area contributed by atoms with Gasteiger partial charge in [0.05, 0.1) is 0 Å². The first kappa shape index (κ1) is 11.7. The van der Waals surface area contributed by atoms with E-state index in [1.165, 1.54) is 44.9 Å². The van der Waals surface area contributed by atoms with E-state index in [0.29, 0.717) is 0 Å². The van der Waals surface area contributed by atoms with E-state index in [2.05, 4.69) is 37.3 Å². The molecule has 0 heterocycles. The molecule has 88 valence electrons. The van der Waals surface area contributed by atoms with Crippen LogP contribution in [-0.4, -0.2) is 0 Å². The zero-order valence-corrected chi connectivity index (χ0v) is 10.5. The van der Waals surface area contributed by atoms with Gasteiger partial charge in [0.15, 0.2) is 0 Å². The van der Waals surface area contributed by atoms with Crippen LogP contribution in [0, 0.1) is 11.8 Å². The summed E-state index contributed by atoms with van der Waals surface area (Å²) in [5.41, 5.74) is 1.71. The third kappa shape index (κ3) is 3.10. The Labute approximate surface area is 100 Å². The lowest BCUT2D eigenvalue weighted by Crippen LogP contribution is -1.91. The fourth-order valence-corrected chi connectivity index (χ4v) is 2.88. The first-order valence-corrected chi connectivity index (χ1v) is 6.94. The minimum Gasteiger partial charge on any atom is -0.0847 e. The van der Waals surface area contributed by atoms with Gasteiger partial charge in [-0.2, -0.15) is 0 Å². The van der Waals surface area contributed by atoms with Crippen LogP contribution in [0.1, 0.15) is 51.9 Å². The van der Waals surface area contributed by atoms with E-state index < -0.39 is 0 Å². The Morgan fingerprint density at radius 3 is 2.94 bits per heavy atom. The van der Waals surface area contributed by atoms with Crippen LogP contribution >= 0.6 is 0 Å². The molecular weight excluding hydrogens is 192 g/mol. The molecule has 1 saturated carbocycles. The van der Waals surface area contributed by atoms with E-state index in [4.69, 9.17) is 0 Å². The summed E-state index contributed by atoms with van der Waals surface area (Å²) in [5.74, 6) is 1.58. The number of rotatable bonds is 5. The second-order valence-corrected chi connectivity index (χ2v) is 5.20. The quantitative estimate of drug-likeness (QED) is 0.446. The summed E-state index contributed by atoms with van der Waals surface area (Å²) in [6.45, 7) is 2.28. The standard InChI is InChI=1S/C16H24/c1-2-3-4-5-6-10-15-12-14-9-7-8-11-16(15)13-14/h7-11,14,16H,2-6,12-13H2,1H3/b15-10+/t14-,16-/m0/s1. The predicted octanol–water partition coefficient (Wildman–Crippen LogP) is 5.04. The molecular formula is C16H24. The lowest BCUT2D eigenvalue weighted by molar-refractivity contribution is 0.650. The number of hydrogen-bond acceptors (Lipinski definition) is 0. The fourth-order valence-electron chi connectivity index (χ4n) is 2.88. The predicted molar refractivity (Wildman–Crippen MR) is 71.3 cm³/mol. The average Bonchev–Trinajstić information content (AvgIpc) is 2.50. The molecule has 2 aliphatic rings. The lowest BCUT2D eigenvalue weighted by atomic mass is 10.00. The maximum Gasteiger partial charge on any atom is -0.00142 e. The van der Waals surface area contributed by atoms with E-state index in [-0.39, 0.29) is 0 Å². The van der Waals surface area contributed by atoms with Gasteiger partial charge in [0, 0.05) is 0 Å². The normalized spacial score (nSPS) is 29.9. The van der Waals surface area contributed by atoms with Gasteiger partial charge in [-0.25, -0.2) is 0 Å². The molecule has 2 atom stereocenters. The number of allylic oxidation sites excluding steroid dienone is 6. The highest BCUT2D eigenvalue weighted by Gasteiger charge is 2.26. The molecule has 2 bridgehead atoms. The molecule has 0 nitrogen and oxygen atoms in total. The molecule has 0 aromatic heterocycles. The maximum atomic E-state index is 2.53. The third-order valence-corrected chi connectivity index (χ3v) is 3.83. The minimum absolute atomic E-state index is 0.756. The van der Waals surface area contributed by atoms with E-state index in [1.807, 2.05) is 0 Å². The number of hydrogen-bond donors (Lipinski definition) is 0. The SMILES string of the molecule is CCCCCC/C=C1\C[C@@H]2C=CC=C[C@H]1C2. The van der Waals surface area contributed by atoms with Crippen LogP contribution < -0.4 is 0 Å². The van der Waals surface area contributed by atoms with Crippen LogP contribution in [0.25, 0.3) is 0 Å². The maximum absolute atomic E-state index is 2.53. The van der Waals surface area contributed by atoms with Crippen molar-refractivity contribution in [2.45, 2.75) is 51.9 Å². The summed E-state index contributed by atoms with van der Waals surface area (Å²) < 4.78 is 0. The van der Waals surface area contributed by atoms with Crippen molar-refractivity contribution in [2.24, 2.45) is 11.8 Å². The van der Waals surface area contributed by atoms with Crippen molar-refractivity contribution in [3.8, 4) is 0 Å². The van der Waals surface area contributed by atoms with Gasteiger partial charge in [-0.15, -0.1) is 0 Å². The smallest absolute Gasteiger partial charge is 0.00142 e. The van der Waals surface area contributed by atoms with Crippen molar-refractivity contribution in [1.82, 2.24) is 0 Å². The van der Waals surface area contributed by atoms with Gasteiger partial charge in [0.1, 0.15) is 0 Å². The Bertz CT molecular complexity index is 293. The summed E-state index contributed by atoms with van der Waals surface area (Å²) in [4.78, 5) is 0. The highest BCUT2D eigenvalue weighted by Crippen LogP contribution is 2.39. The summed E-state index contributed by atoms with van der Waals surface area (Å²) in [6.07, 6.45) is 21.3. The van der Waals surface area contributed by atoms with Crippen molar-refractivity contribution in [3.05, 3.63) is 36.0 Å². The fraction of sp³-hybridized carbons (Fsp3) is 0.625. The first-order valence-electron chi connectivity index (χ1n) is 6.94. The largest absolute Gasteiger partial charge is 0.0847 e. The van der Waals surface area contributed by atoms with E-state index in [9.17, 15) is 0 Å². The Hall–Kier alpha value is -0.780. The Morgan fingerprint density at radius 2 is 2.06 bits per heavy atom. The molecule has 0 amide bonds. The monoisotopic (exact) mass is 216 g/mol. The van der Waals surface area contributed by atoms with Crippen LogP contribution in [0.5, 0.6) is 0 Å². The van der Waals surface area contributed by atoms with Crippen LogP contribution in [0.4, 0.5) is 0 Å². The van der Waals surface area contributed by atoms with Gasteiger partial charge in [0.25, 0.3) is 0 Å². The van der Waals surface area contributed by atoms with Crippen molar-refractivity contribution in [3.63, 3.8) is 0 Å². The van der Waals surface area contributed by atoms with Crippen molar-refractivity contribution < 1.29 is 0 Å². The van der Waals surface area contributed by atoms with Crippen molar-refractivity contribution in [1.29, 1.82) is 0 Å². The minimum atomic E-state index is 0.756. The molecule has 1 fully saturated rings. The molecule has 2 aliphatic carbocycles. The topological polar surface area (TPSA) is 0 Å². The van der Waals surface area contributed by atoms with Gasteiger partial charge in [0.2, 0.25) is 0 Å². The van der Waals surface area contributed by atoms with Gasteiger partial charge in [-0.1, -0.05) is 62.1 Å². The van der Waals surface area contributed by atoms with E-state index >= 15 is 0 Å². The van der Waals surface area contributed by atoms with Gasteiger partial charge >= 0.3 is 0 Å². The molecule has 0 saturated heterocycles. The number of unbranched alkanes of at least 4 members (excludes halogenated alkanes) is 4. The third-order valence-electron chi connectivity index (χ3n) is 3.83. The van der Waals surface area contributed by atoms with Gasteiger partial charge < -0.3 is 0 Å².